The van der Waals surface area contributed by atoms with E-state index in [2.05, 4.69) is 10.1 Å². The van der Waals surface area contributed by atoms with Crippen LogP contribution in [-0.4, -0.2) is 19.3 Å². The maximum Gasteiger partial charge on any atom is 0.255 e. The molecule has 5 heteroatoms. The van der Waals surface area contributed by atoms with E-state index < -0.39 is 0 Å². The number of aryl methyl sites for hydroxylation is 2. The van der Waals surface area contributed by atoms with Gasteiger partial charge in [-0.15, -0.1) is 0 Å². The van der Waals surface area contributed by atoms with Crippen molar-refractivity contribution in [1.82, 2.24) is 19.3 Å². The van der Waals surface area contributed by atoms with Gasteiger partial charge in [0.15, 0.2) is 0 Å². The number of hydrogen-bond acceptors (Lipinski definition) is 3. The number of hydrogen-bond donors (Lipinski definition) is 0. The van der Waals surface area contributed by atoms with E-state index in [4.69, 9.17) is 0 Å². The second kappa shape index (κ2) is 5.01. The highest BCUT2D eigenvalue weighted by atomic mass is 16.1. The minimum absolute atomic E-state index is 0.105. The molecular weight excluding hydrogens is 264 g/mol. The van der Waals surface area contributed by atoms with E-state index >= 15 is 0 Å². The fraction of sp³-hybridized carbons (Fsp3) is 0.188. The molecule has 1 aromatic carbocycles. The Hall–Kier alpha value is -2.69. The first-order valence-corrected chi connectivity index (χ1v) is 6.73. The van der Waals surface area contributed by atoms with Crippen LogP contribution in [0.15, 0.2) is 47.3 Å². The Bertz CT molecular complexity index is 846. The predicted octanol–water partition coefficient (Wildman–Crippen LogP) is 2.25. The number of aromatic nitrogens is 4. The van der Waals surface area contributed by atoms with Crippen LogP contribution in [0.4, 0.5) is 0 Å². The van der Waals surface area contributed by atoms with E-state index in [1.165, 1.54) is 4.57 Å². The van der Waals surface area contributed by atoms with Crippen molar-refractivity contribution in [3.8, 4) is 17.2 Å². The largest absolute Gasteiger partial charge is 0.280 e. The van der Waals surface area contributed by atoms with Crippen LogP contribution in [0.3, 0.4) is 0 Å². The second-order valence-corrected chi connectivity index (χ2v) is 5.04. The molecule has 3 aromatic rings. The number of nitrogens with zero attached hydrogens (tertiary/aromatic N) is 4. The van der Waals surface area contributed by atoms with Crippen molar-refractivity contribution in [2.24, 2.45) is 7.05 Å². The smallest absolute Gasteiger partial charge is 0.255 e. The Kier molecular flexibility index (Phi) is 3.17. The summed E-state index contributed by atoms with van der Waals surface area (Å²) in [6.07, 6.45) is 0. The molecule has 2 aromatic heterocycles. The van der Waals surface area contributed by atoms with Crippen LogP contribution in [0, 0.1) is 13.8 Å². The molecule has 0 saturated heterocycles. The van der Waals surface area contributed by atoms with Crippen LogP contribution in [0.25, 0.3) is 17.2 Å². The Balaban J connectivity index is 2.24. The van der Waals surface area contributed by atoms with Crippen molar-refractivity contribution >= 4 is 0 Å². The normalized spacial score (nSPS) is 10.8. The minimum atomic E-state index is -0.105. The zero-order valence-electron chi connectivity index (χ0n) is 12.2. The van der Waals surface area contributed by atoms with Gasteiger partial charge in [-0.25, -0.2) is 9.67 Å². The Morgan fingerprint density at radius 1 is 1.05 bits per heavy atom. The van der Waals surface area contributed by atoms with E-state index in [1.807, 2.05) is 50.2 Å². The Labute approximate surface area is 122 Å². The fourth-order valence-electron chi connectivity index (χ4n) is 2.30. The maximum atomic E-state index is 12.2. The molecule has 0 saturated carbocycles. The minimum Gasteiger partial charge on any atom is -0.280 e. The maximum absolute atomic E-state index is 12.2. The van der Waals surface area contributed by atoms with Gasteiger partial charge in [0, 0.05) is 24.4 Å². The first kappa shape index (κ1) is 13.3. The average Bonchev–Trinajstić information content (AvgIpc) is 2.81. The molecule has 3 rings (SSSR count). The SMILES string of the molecule is Cc1cc(C)n(-c2nc(-c3ccccc3)cc(=O)n2C)n1. The molecule has 0 fully saturated rings. The molecule has 0 unspecified atom stereocenters. The summed E-state index contributed by atoms with van der Waals surface area (Å²) >= 11 is 0. The van der Waals surface area contributed by atoms with Crippen LogP contribution in [0.1, 0.15) is 11.4 Å². The van der Waals surface area contributed by atoms with Gasteiger partial charge < -0.3 is 0 Å². The summed E-state index contributed by atoms with van der Waals surface area (Å²) in [5, 5.41) is 4.41. The molecule has 0 radical (unpaired) electrons. The lowest BCUT2D eigenvalue weighted by atomic mass is 10.1. The van der Waals surface area contributed by atoms with Crippen LogP contribution >= 0.6 is 0 Å². The highest BCUT2D eigenvalue weighted by Gasteiger charge is 2.12. The lowest BCUT2D eigenvalue weighted by molar-refractivity contribution is 0.690. The second-order valence-electron chi connectivity index (χ2n) is 5.04. The topological polar surface area (TPSA) is 52.7 Å². The van der Waals surface area contributed by atoms with E-state index in [-0.39, 0.29) is 5.56 Å². The lowest BCUT2D eigenvalue weighted by Gasteiger charge is -2.10. The molecular formula is C16H16N4O. The summed E-state index contributed by atoms with van der Waals surface area (Å²) < 4.78 is 3.20. The van der Waals surface area contributed by atoms with Gasteiger partial charge in [-0.3, -0.25) is 9.36 Å². The molecule has 21 heavy (non-hydrogen) atoms. The summed E-state index contributed by atoms with van der Waals surface area (Å²) in [5.74, 6) is 0.520. The Morgan fingerprint density at radius 3 is 2.38 bits per heavy atom. The molecule has 0 aliphatic carbocycles. The van der Waals surface area contributed by atoms with Crippen LogP contribution < -0.4 is 5.56 Å². The van der Waals surface area contributed by atoms with E-state index in [0.717, 1.165) is 17.0 Å². The molecule has 106 valence electrons. The van der Waals surface area contributed by atoms with Crippen molar-refractivity contribution in [1.29, 1.82) is 0 Å². The molecule has 0 atom stereocenters. The van der Waals surface area contributed by atoms with Gasteiger partial charge in [-0.1, -0.05) is 30.3 Å². The molecule has 5 nitrogen and oxygen atoms in total. The average molecular weight is 280 g/mol. The van der Waals surface area contributed by atoms with Gasteiger partial charge in [-0.05, 0) is 19.9 Å². The molecule has 0 spiro atoms. The van der Waals surface area contributed by atoms with Crippen molar-refractivity contribution in [3.63, 3.8) is 0 Å². The monoisotopic (exact) mass is 280 g/mol. The highest BCUT2D eigenvalue weighted by Crippen LogP contribution is 2.16. The third-order valence-corrected chi connectivity index (χ3v) is 3.38. The van der Waals surface area contributed by atoms with Gasteiger partial charge in [0.05, 0.1) is 11.4 Å². The van der Waals surface area contributed by atoms with Crippen LogP contribution in [-0.2, 0) is 7.05 Å². The zero-order valence-corrected chi connectivity index (χ0v) is 12.2. The van der Waals surface area contributed by atoms with Crippen molar-refractivity contribution in [2.45, 2.75) is 13.8 Å². The van der Waals surface area contributed by atoms with Gasteiger partial charge >= 0.3 is 0 Å². The molecule has 0 aliphatic heterocycles. The third kappa shape index (κ3) is 2.38. The van der Waals surface area contributed by atoms with Gasteiger partial charge in [0.25, 0.3) is 5.56 Å². The first-order chi connectivity index (χ1) is 10.1. The van der Waals surface area contributed by atoms with Crippen molar-refractivity contribution in [2.75, 3.05) is 0 Å². The van der Waals surface area contributed by atoms with Crippen LogP contribution in [0.5, 0.6) is 0 Å². The molecule has 2 heterocycles. The Morgan fingerprint density at radius 2 is 1.76 bits per heavy atom. The summed E-state index contributed by atoms with van der Waals surface area (Å²) in [7, 11) is 1.70. The highest BCUT2D eigenvalue weighted by molar-refractivity contribution is 5.59. The van der Waals surface area contributed by atoms with E-state index in [0.29, 0.717) is 11.6 Å². The molecule has 0 aliphatic rings. The summed E-state index contributed by atoms with van der Waals surface area (Å²) in [6, 6.07) is 13.2. The third-order valence-electron chi connectivity index (χ3n) is 3.38. The lowest BCUT2D eigenvalue weighted by Crippen LogP contribution is -2.23. The summed E-state index contributed by atoms with van der Waals surface area (Å²) in [5.41, 5.74) is 3.30. The number of benzene rings is 1. The van der Waals surface area contributed by atoms with Gasteiger partial charge in [-0.2, -0.15) is 5.10 Å². The standard InChI is InChI=1S/C16H16N4O/c1-11-9-12(2)20(18-11)16-17-14(10-15(21)19(16)3)13-7-5-4-6-8-13/h4-10H,1-3H3. The number of rotatable bonds is 2. The quantitative estimate of drug-likeness (QED) is 0.723. The molecule has 0 N–H and O–H groups in total. The first-order valence-electron chi connectivity index (χ1n) is 6.73. The molecule has 0 bridgehead atoms. The van der Waals surface area contributed by atoms with Crippen molar-refractivity contribution in [3.05, 3.63) is 64.2 Å². The van der Waals surface area contributed by atoms with E-state index in [1.54, 1.807) is 17.8 Å². The molecule has 0 amide bonds. The fourth-order valence-corrected chi connectivity index (χ4v) is 2.30. The summed E-state index contributed by atoms with van der Waals surface area (Å²) in [4.78, 5) is 16.8. The predicted molar refractivity (Wildman–Crippen MR) is 81.5 cm³/mol. The van der Waals surface area contributed by atoms with Gasteiger partial charge in [0.2, 0.25) is 5.95 Å². The van der Waals surface area contributed by atoms with Gasteiger partial charge in [0.1, 0.15) is 0 Å². The zero-order chi connectivity index (χ0) is 15.0. The van der Waals surface area contributed by atoms with E-state index in [9.17, 15) is 4.79 Å². The van der Waals surface area contributed by atoms with Crippen LogP contribution in [0.2, 0.25) is 0 Å². The summed E-state index contributed by atoms with van der Waals surface area (Å²) in [6.45, 7) is 3.87. The van der Waals surface area contributed by atoms with Crippen molar-refractivity contribution < 1.29 is 0 Å².